The maximum Gasteiger partial charge on any atom is 0.433 e. The Kier molecular flexibility index (Phi) is 5.64. The topological polar surface area (TPSA) is 89.2 Å². The van der Waals surface area contributed by atoms with Crippen LogP contribution in [0.5, 0.6) is 0 Å². The van der Waals surface area contributed by atoms with Crippen LogP contribution in [0.2, 0.25) is 5.02 Å². The number of anilines is 2. The van der Waals surface area contributed by atoms with Gasteiger partial charge in [0.05, 0.1) is 28.8 Å². The number of carbonyl (C=O) groups is 1. The van der Waals surface area contributed by atoms with E-state index in [1.807, 2.05) is 12.1 Å². The Balaban J connectivity index is 1.81. The van der Waals surface area contributed by atoms with E-state index >= 15 is 0 Å². The van der Waals surface area contributed by atoms with Crippen molar-refractivity contribution in [2.24, 2.45) is 0 Å². The molecule has 2 aromatic carbocycles. The number of nitriles is 2. The first-order chi connectivity index (χ1) is 13.7. The van der Waals surface area contributed by atoms with E-state index in [0.29, 0.717) is 11.3 Å². The number of nitrogens with zero attached hydrogens (tertiary/aromatic N) is 3. The van der Waals surface area contributed by atoms with Crippen molar-refractivity contribution in [1.82, 2.24) is 0 Å². The zero-order chi connectivity index (χ0) is 21.2. The van der Waals surface area contributed by atoms with Crippen molar-refractivity contribution in [3.05, 3.63) is 58.6 Å². The predicted octanol–water partition coefficient (Wildman–Crippen LogP) is 3.82. The van der Waals surface area contributed by atoms with Crippen LogP contribution >= 0.6 is 11.6 Å². The van der Waals surface area contributed by atoms with Gasteiger partial charge in [-0.15, -0.1) is 0 Å². The van der Waals surface area contributed by atoms with E-state index in [1.165, 1.54) is 42.5 Å². The first-order valence-corrected chi connectivity index (χ1v) is 8.60. The van der Waals surface area contributed by atoms with Crippen LogP contribution in [0.3, 0.4) is 0 Å². The number of rotatable bonds is 3. The molecule has 2 aromatic rings. The minimum atomic E-state index is -4.76. The fraction of sp³-hybridized carbons (Fsp3) is 0.211. The Morgan fingerprint density at radius 2 is 1.86 bits per heavy atom. The third kappa shape index (κ3) is 4.43. The number of nitrogens with one attached hydrogen (secondary N) is 1. The summed E-state index contributed by atoms with van der Waals surface area (Å²) in [6.45, 7) is -0.367. The number of amides is 1. The van der Waals surface area contributed by atoms with Crippen molar-refractivity contribution < 1.29 is 22.7 Å². The van der Waals surface area contributed by atoms with Gasteiger partial charge in [-0.3, -0.25) is 4.79 Å². The molecule has 1 heterocycles. The molecule has 1 saturated heterocycles. The van der Waals surface area contributed by atoms with Gasteiger partial charge in [0, 0.05) is 11.4 Å². The summed E-state index contributed by atoms with van der Waals surface area (Å²) >= 11 is 5.93. The molecule has 0 aliphatic carbocycles. The second-order valence-corrected chi connectivity index (χ2v) is 6.53. The maximum absolute atomic E-state index is 13.5. The van der Waals surface area contributed by atoms with Gasteiger partial charge in [0.2, 0.25) is 6.23 Å². The average Bonchev–Trinajstić information content (AvgIpc) is 3.15. The molecule has 29 heavy (non-hydrogen) atoms. The van der Waals surface area contributed by atoms with Gasteiger partial charge in [-0.1, -0.05) is 11.6 Å². The van der Waals surface area contributed by atoms with Crippen LogP contribution in [0.25, 0.3) is 0 Å². The summed E-state index contributed by atoms with van der Waals surface area (Å²) in [6.07, 6.45) is -8.50. The first-order valence-electron chi connectivity index (χ1n) is 8.22. The SMILES string of the molecule is N#Cc1ccc(NC(=O)[C@@H]2CN(c3ccc(C#N)c(Cl)c3)[C@@H](C(F)(F)F)O2)cc1. The molecular weight excluding hydrogens is 409 g/mol. The van der Waals surface area contributed by atoms with E-state index in [2.05, 4.69) is 5.32 Å². The van der Waals surface area contributed by atoms with Gasteiger partial charge in [0.1, 0.15) is 6.07 Å². The van der Waals surface area contributed by atoms with E-state index in [4.69, 9.17) is 26.9 Å². The van der Waals surface area contributed by atoms with Crippen LogP contribution in [0.15, 0.2) is 42.5 Å². The molecule has 1 fully saturated rings. The summed E-state index contributed by atoms with van der Waals surface area (Å²) in [4.78, 5) is 13.3. The molecule has 0 unspecified atom stereocenters. The summed E-state index contributed by atoms with van der Waals surface area (Å²) in [5.74, 6) is -0.758. The van der Waals surface area contributed by atoms with E-state index in [1.54, 1.807) is 0 Å². The van der Waals surface area contributed by atoms with Gasteiger partial charge in [-0.05, 0) is 42.5 Å². The molecular formula is C19H12ClF3N4O2. The highest BCUT2D eigenvalue weighted by atomic mass is 35.5. The highest BCUT2D eigenvalue weighted by Gasteiger charge is 2.52. The van der Waals surface area contributed by atoms with Gasteiger partial charge in [-0.2, -0.15) is 23.7 Å². The Morgan fingerprint density at radius 1 is 1.17 bits per heavy atom. The quantitative estimate of drug-likeness (QED) is 0.815. The minimum Gasteiger partial charge on any atom is -0.335 e. The Morgan fingerprint density at radius 3 is 2.41 bits per heavy atom. The molecule has 0 saturated carbocycles. The van der Waals surface area contributed by atoms with Gasteiger partial charge in [-0.25, -0.2) is 0 Å². The van der Waals surface area contributed by atoms with Crippen LogP contribution < -0.4 is 10.2 Å². The van der Waals surface area contributed by atoms with E-state index < -0.39 is 24.4 Å². The van der Waals surface area contributed by atoms with E-state index in [-0.39, 0.29) is 22.8 Å². The summed E-state index contributed by atoms with van der Waals surface area (Å²) in [7, 11) is 0. The molecule has 1 aliphatic rings. The number of carbonyl (C=O) groups excluding carboxylic acids is 1. The minimum absolute atomic E-state index is 0.00333. The van der Waals surface area contributed by atoms with Crippen molar-refractivity contribution in [3.8, 4) is 12.1 Å². The van der Waals surface area contributed by atoms with E-state index in [0.717, 1.165) is 4.90 Å². The molecule has 1 N–H and O–H groups in total. The lowest BCUT2D eigenvalue weighted by Gasteiger charge is -2.26. The summed E-state index contributed by atoms with van der Waals surface area (Å²) in [5.41, 5.74) is 0.890. The summed E-state index contributed by atoms with van der Waals surface area (Å²) < 4.78 is 45.4. The molecule has 0 aromatic heterocycles. The van der Waals surface area contributed by atoms with Gasteiger partial charge >= 0.3 is 6.18 Å². The fourth-order valence-corrected chi connectivity index (χ4v) is 3.03. The molecule has 0 spiro atoms. The normalized spacial score (nSPS) is 18.8. The number of alkyl halides is 3. The Bertz CT molecular complexity index is 1010. The standard InChI is InChI=1S/C19H12ClF3N4O2/c20-15-7-14(6-3-12(15)9-25)27-10-16(29-18(27)19(21,22)23)17(28)26-13-4-1-11(8-24)2-5-13/h1-7,16,18H,10H2,(H,26,28)/t16-,18+/m0/s1. The van der Waals surface area contributed by atoms with Crippen LogP contribution in [0.1, 0.15) is 11.1 Å². The van der Waals surface area contributed by atoms with Gasteiger partial charge in [0.15, 0.2) is 6.10 Å². The highest BCUT2D eigenvalue weighted by Crippen LogP contribution is 2.36. The highest BCUT2D eigenvalue weighted by molar-refractivity contribution is 6.32. The number of benzene rings is 2. The van der Waals surface area contributed by atoms with Crippen molar-refractivity contribution >= 4 is 28.9 Å². The second kappa shape index (κ2) is 8.00. The maximum atomic E-state index is 13.5. The first kappa shape index (κ1) is 20.5. The molecule has 3 rings (SSSR count). The Labute approximate surface area is 168 Å². The third-order valence-corrected chi connectivity index (χ3v) is 4.51. The zero-order valence-corrected chi connectivity index (χ0v) is 15.3. The average molecular weight is 421 g/mol. The van der Waals surface area contributed by atoms with Crippen LogP contribution in [-0.4, -0.2) is 31.0 Å². The Hall–Kier alpha value is -3.27. The molecule has 6 nitrogen and oxygen atoms in total. The van der Waals surface area contributed by atoms with Crippen LogP contribution in [-0.2, 0) is 9.53 Å². The molecule has 1 aliphatic heterocycles. The largest absolute Gasteiger partial charge is 0.433 e. The van der Waals surface area contributed by atoms with Crippen LogP contribution in [0, 0.1) is 22.7 Å². The number of halogens is 4. The zero-order valence-electron chi connectivity index (χ0n) is 14.6. The summed E-state index contributed by atoms with van der Waals surface area (Å²) in [6, 6.07) is 13.4. The molecule has 10 heteroatoms. The van der Waals surface area contributed by atoms with Crippen molar-refractivity contribution in [2.45, 2.75) is 18.5 Å². The number of hydrogen-bond acceptors (Lipinski definition) is 5. The monoisotopic (exact) mass is 420 g/mol. The lowest BCUT2D eigenvalue weighted by Crippen LogP contribution is -2.42. The lowest BCUT2D eigenvalue weighted by atomic mass is 10.2. The van der Waals surface area contributed by atoms with Crippen LogP contribution in [0.4, 0.5) is 24.5 Å². The molecule has 2 atom stereocenters. The number of ether oxygens (including phenoxy) is 1. The third-order valence-electron chi connectivity index (χ3n) is 4.20. The van der Waals surface area contributed by atoms with E-state index in [9.17, 15) is 18.0 Å². The number of hydrogen-bond donors (Lipinski definition) is 1. The predicted molar refractivity (Wildman–Crippen MR) is 98.0 cm³/mol. The van der Waals surface area contributed by atoms with Crippen molar-refractivity contribution in [3.63, 3.8) is 0 Å². The van der Waals surface area contributed by atoms with Gasteiger partial charge < -0.3 is 15.0 Å². The molecule has 1 amide bonds. The summed E-state index contributed by atoms with van der Waals surface area (Å²) in [5, 5.41) is 20.2. The molecule has 0 bridgehead atoms. The smallest absolute Gasteiger partial charge is 0.335 e. The molecule has 0 radical (unpaired) electrons. The second-order valence-electron chi connectivity index (χ2n) is 6.13. The van der Waals surface area contributed by atoms with Crippen molar-refractivity contribution in [2.75, 3.05) is 16.8 Å². The molecule has 148 valence electrons. The van der Waals surface area contributed by atoms with Crippen molar-refractivity contribution in [1.29, 1.82) is 10.5 Å². The van der Waals surface area contributed by atoms with Gasteiger partial charge in [0.25, 0.3) is 5.91 Å². The lowest BCUT2D eigenvalue weighted by molar-refractivity contribution is -0.212. The fourth-order valence-electron chi connectivity index (χ4n) is 2.81.